The number of cyclic esters (lactones) is 1. The molecule has 2 aromatic rings. The Bertz CT molecular complexity index is 827. The van der Waals surface area contributed by atoms with Crippen molar-refractivity contribution in [1.82, 2.24) is 5.32 Å². The standard InChI is InChI=1S/C18H16F3N3O3/c19-18(20,21)12-5-4-8-14(9-12)24-11-15(27-17(24)26)10-22-16(25)23-13-6-2-1-3-7-13/h1-9,15H,10-11H2,(H2,22,23,25). The van der Waals surface area contributed by atoms with Crippen LogP contribution in [-0.2, 0) is 10.9 Å². The van der Waals surface area contributed by atoms with Crippen LogP contribution < -0.4 is 15.5 Å². The molecule has 0 saturated carbocycles. The summed E-state index contributed by atoms with van der Waals surface area (Å²) in [7, 11) is 0. The summed E-state index contributed by atoms with van der Waals surface area (Å²) in [5.74, 6) is 0. The van der Waals surface area contributed by atoms with Crippen LogP contribution in [-0.4, -0.2) is 31.3 Å². The predicted molar refractivity (Wildman–Crippen MR) is 92.5 cm³/mol. The van der Waals surface area contributed by atoms with Crippen LogP contribution in [0.2, 0.25) is 0 Å². The molecule has 3 rings (SSSR count). The van der Waals surface area contributed by atoms with Gasteiger partial charge in [-0.05, 0) is 30.3 Å². The normalized spacial score (nSPS) is 16.8. The number of carbonyl (C=O) groups is 2. The lowest BCUT2D eigenvalue weighted by atomic mass is 10.2. The molecule has 0 radical (unpaired) electrons. The largest absolute Gasteiger partial charge is 0.442 e. The molecule has 1 aliphatic heterocycles. The molecule has 27 heavy (non-hydrogen) atoms. The number of nitrogens with one attached hydrogen (secondary N) is 2. The third-order valence-electron chi connectivity index (χ3n) is 3.88. The van der Waals surface area contributed by atoms with Crippen molar-refractivity contribution in [3.05, 3.63) is 60.2 Å². The summed E-state index contributed by atoms with van der Waals surface area (Å²) < 4.78 is 43.6. The lowest BCUT2D eigenvalue weighted by Crippen LogP contribution is -2.37. The highest BCUT2D eigenvalue weighted by Gasteiger charge is 2.35. The maximum Gasteiger partial charge on any atom is 0.416 e. The summed E-state index contributed by atoms with van der Waals surface area (Å²) >= 11 is 0. The highest BCUT2D eigenvalue weighted by atomic mass is 19.4. The molecule has 1 heterocycles. The van der Waals surface area contributed by atoms with E-state index >= 15 is 0 Å². The Kier molecular flexibility index (Phi) is 5.20. The Morgan fingerprint density at radius 2 is 1.89 bits per heavy atom. The molecular formula is C18H16F3N3O3. The molecule has 0 bridgehead atoms. The summed E-state index contributed by atoms with van der Waals surface area (Å²) in [5, 5.41) is 5.18. The molecule has 1 saturated heterocycles. The fourth-order valence-electron chi connectivity index (χ4n) is 2.59. The van der Waals surface area contributed by atoms with Crippen LogP contribution in [0.5, 0.6) is 0 Å². The fourth-order valence-corrected chi connectivity index (χ4v) is 2.59. The van der Waals surface area contributed by atoms with Gasteiger partial charge in [-0.1, -0.05) is 24.3 Å². The van der Waals surface area contributed by atoms with Crippen molar-refractivity contribution in [2.24, 2.45) is 0 Å². The van der Waals surface area contributed by atoms with Crippen LogP contribution in [0.15, 0.2) is 54.6 Å². The van der Waals surface area contributed by atoms with Gasteiger partial charge in [-0.3, -0.25) is 4.90 Å². The maximum absolute atomic E-state index is 12.8. The number of alkyl halides is 3. The second-order valence-electron chi connectivity index (χ2n) is 5.87. The molecule has 1 atom stereocenters. The molecule has 0 aromatic heterocycles. The number of hydrogen-bond acceptors (Lipinski definition) is 3. The molecular weight excluding hydrogens is 363 g/mol. The number of rotatable bonds is 4. The van der Waals surface area contributed by atoms with Crippen LogP contribution in [0.4, 0.5) is 34.1 Å². The quantitative estimate of drug-likeness (QED) is 0.848. The summed E-state index contributed by atoms with van der Waals surface area (Å²) in [6, 6.07) is 12.7. The van der Waals surface area contributed by atoms with E-state index in [9.17, 15) is 22.8 Å². The van der Waals surface area contributed by atoms with Crippen molar-refractivity contribution in [3.8, 4) is 0 Å². The molecule has 0 aliphatic carbocycles. The molecule has 6 nitrogen and oxygen atoms in total. The van der Waals surface area contributed by atoms with Crippen molar-refractivity contribution in [3.63, 3.8) is 0 Å². The molecule has 3 amide bonds. The van der Waals surface area contributed by atoms with Gasteiger partial charge in [0, 0.05) is 11.4 Å². The average Bonchev–Trinajstić information content (AvgIpc) is 3.01. The molecule has 1 unspecified atom stereocenters. The van der Waals surface area contributed by atoms with E-state index < -0.39 is 30.0 Å². The number of halogens is 3. The number of anilines is 2. The first-order valence-corrected chi connectivity index (χ1v) is 8.08. The van der Waals surface area contributed by atoms with Gasteiger partial charge < -0.3 is 15.4 Å². The highest BCUT2D eigenvalue weighted by Crippen LogP contribution is 2.32. The van der Waals surface area contributed by atoms with Crippen molar-refractivity contribution in [2.45, 2.75) is 12.3 Å². The van der Waals surface area contributed by atoms with Crippen molar-refractivity contribution >= 4 is 23.5 Å². The fraction of sp³-hybridized carbons (Fsp3) is 0.222. The highest BCUT2D eigenvalue weighted by molar-refractivity contribution is 5.91. The van der Waals surface area contributed by atoms with E-state index in [0.29, 0.717) is 5.69 Å². The average molecular weight is 379 g/mol. The first kappa shape index (κ1) is 18.6. The molecule has 1 fully saturated rings. The molecule has 142 valence electrons. The Hall–Kier alpha value is -3.23. The molecule has 0 spiro atoms. The Morgan fingerprint density at radius 3 is 2.59 bits per heavy atom. The minimum Gasteiger partial charge on any atom is -0.442 e. The second kappa shape index (κ2) is 7.56. The van der Waals surface area contributed by atoms with Gasteiger partial charge in [0.15, 0.2) is 0 Å². The van der Waals surface area contributed by atoms with Crippen LogP contribution in [0.3, 0.4) is 0 Å². The number of nitrogens with zero attached hydrogens (tertiary/aromatic N) is 1. The number of hydrogen-bond donors (Lipinski definition) is 2. The Labute approximate surface area is 152 Å². The van der Waals surface area contributed by atoms with Gasteiger partial charge in [0.05, 0.1) is 18.7 Å². The van der Waals surface area contributed by atoms with Gasteiger partial charge in [0.25, 0.3) is 0 Å². The van der Waals surface area contributed by atoms with E-state index in [-0.39, 0.29) is 18.8 Å². The number of benzene rings is 2. The van der Waals surface area contributed by atoms with Crippen molar-refractivity contribution < 1.29 is 27.5 Å². The van der Waals surface area contributed by atoms with Crippen LogP contribution >= 0.6 is 0 Å². The Morgan fingerprint density at radius 1 is 1.15 bits per heavy atom. The minimum atomic E-state index is -4.50. The van der Waals surface area contributed by atoms with E-state index in [1.807, 2.05) is 6.07 Å². The van der Waals surface area contributed by atoms with Gasteiger partial charge in [0.1, 0.15) is 6.10 Å². The molecule has 9 heteroatoms. The van der Waals surface area contributed by atoms with Crippen molar-refractivity contribution in [1.29, 1.82) is 0 Å². The smallest absolute Gasteiger partial charge is 0.416 e. The zero-order valence-corrected chi connectivity index (χ0v) is 14.0. The predicted octanol–water partition coefficient (Wildman–Crippen LogP) is 3.85. The number of para-hydroxylation sites is 1. The summed E-state index contributed by atoms with van der Waals surface area (Å²) in [5.41, 5.74) is -0.160. The van der Waals surface area contributed by atoms with Crippen LogP contribution in [0.25, 0.3) is 0 Å². The van der Waals surface area contributed by atoms with Crippen LogP contribution in [0, 0.1) is 0 Å². The van der Waals surface area contributed by atoms with E-state index in [1.54, 1.807) is 24.3 Å². The summed E-state index contributed by atoms with van der Waals surface area (Å²) in [6.07, 6.45) is -5.94. The molecule has 1 aliphatic rings. The number of amides is 3. The topological polar surface area (TPSA) is 70.7 Å². The number of urea groups is 1. The van der Waals surface area contributed by atoms with Gasteiger partial charge in [-0.15, -0.1) is 0 Å². The van der Waals surface area contributed by atoms with Gasteiger partial charge in [-0.2, -0.15) is 13.2 Å². The van der Waals surface area contributed by atoms with E-state index in [2.05, 4.69) is 10.6 Å². The lowest BCUT2D eigenvalue weighted by molar-refractivity contribution is -0.137. The minimum absolute atomic E-state index is 0.0276. The van der Waals surface area contributed by atoms with E-state index in [1.165, 1.54) is 12.1 Å². The first-order valence-electron chi connectivity index (χ1n) is 8.08. The SMILES string of the molecule is O=C(NCC1CN(c2cccc(C(F)(F)F)c2)C(=O)O1)Nc1ccccc1. The van der Waals surface area contributed by atoms with Crippen molar-refractivity contribution in [2.75, 3.05) is 23.3 Å². The second-order valence-corrected chi connectivity index (χ2v) is 5.87. The third-order valence-corrected chi connectivity index (χ3v) is 3.88. The Balaban J connectivity index is 1.57. The van der Waals surface area contributed by atoms with Crippen LogP contribution in [0.1, 0.15) is 5.56 Å². The maximum atomic E-state index is 12.8. The number of carbonyl (C=O) groups excluding carboxylic acids is 2. The van der Waals surface area contributed by atoms with E-state index in [4.69, 9.17) is 4.74 Å². The molecule has 2 aromatic carbocycles. The van der Waals surface area contributed by atoms with Gasteiger partial charge in [-0.25, -0.2) is 9.59 Å². The molecule has 2 N–H and O–H groups in total. The number of ether oxygens (including phenoxy) is 1. The monoisotopic (exact) mass is 379 g/mol. The lowest BCUT2D eigenvalue weighted by Gasteiger charge is -2.15. The third kappa shape index (κ3) is 4.69. The summed E-state index contributed by atoms with van der Waals surface area (Å²) in [6.45, 7) is 0.0611. The van der Waals surface area contributed by atoms with E-state index in [0.717, 1.165) is 17.0 Å². The zero-order chi connectivity index (χ0) is 19.4. The zero-order valence-electron chi connectivity index (χ0n) is 14.0. The van der Waals surface area contributed by atoms with Gasteiger partial charge in [0.2, 0.25) is 0 Å². The van der Waals surface area contributed by atoms with Gasteiger partial charge >= 0.3 is 18.3 Å². The summed E-state index contributed by atoms with van der Waals surface area (Å²) in [4.78, 5) is 24.9. The first-order chi connectivity index (χ1) is 12.8.